The fraction of sp³-hybridized carbons (Fsp3) is 0.865. The van der Waals surface area contributed by atoms with Gasteiger partial charge in [-0.15, -0.1) is 0 Å². The van der Waals surface area contributed by atoms with Gasteiger partial charge in [0.15, 0.2) is 12.1 Å². The molecule has 0 aliphatic rings. The first-order chi connectivity index (χ1) is 21.2. The zero-order valence-corrected chi connectivity index (χ0v) is 29.0. The van der Waals surface area contributed by atoms with Crippen LogP contribution >= 0.6 is 0 Å². The van der Waals surface area contributed by atoms with Crippen LogP contribution in [-0.2, 0) is 14.4 Å². The largest absolute Gasteiger partial charge is 0.544 e. The summed E-state index contributed by atoms with van der Waals surface area (Å²) in [6.45, 7) is 8.07. The van der Waals surface area contributed by atoms with Gasteiger partial charge in [-0.2, -0.15) is 0 Å². The summed E-state index contributed by atoms with van der Waals surface area (Å²) in [4.78, 5) is 37.7. The highest BCUT2D eigenvalue weighted by molar-refractivity contribution is 5.77. The van der Waals surface area contributed by atoms with E-state index in [1.807, 2.05) is 20.8 Å². The van der Waals surface area contributed by atoms with Gasteiger partial charge in [0, 0.05) is 19.3 Å². The lowest BCUT2D eigenvalue weighted by Crippen LogP contribution is -2.74. The molecule has 3 unspecified atom stereocenters. The molecule has 44 heavy (non-hydrogen) atoms. The minimum Gasteiger partial charge on any atom is -0.544 e. The fourth-order valence-electron chi connectivity index (χ4n) is 6.97. The van der Waals surface area contributed by atoms with Crippen molar-refractivity contribution in [3.63, 3.8) is 0 Å². The molecule has 0 rings (SSSR count). The summed E-state index contributed by atoms with van der Waals surface area (Å²) in [5.41, 5.74) is 0. The first-order valence-electron chi connectivity index (χ1n) is 18.4. The fourth-order valence-corrected chi connectivity index (χ4v) is 6.97. The summed E-state index contributed by atoms with van der Waals surface area (Å²) in [5.74, 6) is -3.55. The number of unbranched alkanes of at least 4 members (excludes halogenated alkanes) is 16. The Morgan fingerprint density at radius 1 is 0.523 bits per heavy atom. The third-order valence-corrected chi connectivity index (χ3v) is 9.33. The SMILES string of the molecule is CCCCCC/C=C/CCCCCCCCCCCCCC[N+](C(CCC)C(=O)[O-])(C(CCC)C(=O)O)C(CCC)C(=O)O. The van der Waals surface area contributed by atoms with E-state index in [1.54, 1.807) is 0 Å². The van der Waals surface area contributed by atoms with Gasteiger partial charge in [0.05, 0.1) is 12.5 Å². The van der Waals surface area contributed by atoms with E-state index in [9.17, 15) is 29.7 Å². The van der Waals surface area contributed by atoms with Gasteiger partial charge in [-0.1, -0.05) is 123 Å². The number of hydrogen-bond donors (Lipinski definition) is 2. The Labute approximate surface area is 270 Å². The summed E-state index contributed by atoms with van der Waals surface area (Å²) in [7, 11) is 0. The number of rotatable bonds is 32. The Bertz CT molecular complexity index is 707. The second-order valence-electron chi connectivity index (χ2n) is 13.0. The molecule has 2 N–H and O–H groups in total. The lowest BCUT2D eigenvalue weighted by atomic mass is 9.91. The monoisotopic (exact) mass is 624 g/mol. The molecule has 0 aliphatic heterocycles. The third kappa shape index (κ3) is 17.0. The summed E-state index contributed by atoms with van der Waals surface area (Å²) in [6, 6.07) is -3.32. The van der Waals surface area contributed by atoms with Gasteiger partial charge in [0.25, 0.3) is 0 Å². The van der Waals surface area contributed by atoms with Gasteiger partial charge >= 0.3 is 11.9 Å². The van der Waals surface area contributed by atoms with E-state index in [2.05, 4.69) is 19.1 Å². The van der Waals surface area contributed by atoms with Crippen molar-refractivity contribution in [1.82, 2.24) is 0 Å². The Kier molecular flexibility index (Phi) is 26.2. The number of hydrogen-bond acceptors (Lipinski definition) is 4. The van der Waals surface area contributed by atoms with Crippen LogP contribution in [-0.4, -0.2) is 57.3 Å². The molecular weight excluding hydrogens is 554 g/mol. The third-order valence-electron chi connectivity index (χ3n) is 9.33. The molecule has 7 heteroatoms. The summed E-state index contributed by atoms with van der Waals surface area (Å²) < 4.78 is -0.433. The van der Waals surface area contributed by atoms with Crippen LogP contribution in [0.25, 0.3) is 0 Å². The molecule has 0 saturated heterocycles. The predicted molar refractivity (Wildman–Crippen MR) is 179 cm³/mol. The van der Waals surface area contributed by atoms with E-state index in [1.165, 1.54) is 89.9 Å². The smallest absolute Gasteiger partial charge is 0.362 e. The Balaban J connectivity index is 4.73. The Morgan fingerprint density at radius 3 is 1.20 bits per heavy atom. The molecule has 0 saturated carbocycles. The van der Waals surface area contributed by atoms with Crippen LogP contribution in [0.15, 0.2) is 12.2 Å². The molecular formula is C37H69NO6. The second-order valence-corrected chi connectivity index (χ2v) is 13.0. The lowest BCUT2D eigenvalue weighted by molar-refractivity contribution is -0.975. The first-order valence-corrected chi connectivity index (χ1v) is 18.4. The molecule has 7 nitrogen and oxygen atoms in total. The molecule has 0 radical (unpaired) electrons. The average Bonchev–Trinajstić information content (AvgIpc) is 2.98. The number of aliphatic carboxylic acids is 3. The van der Waals surface area contributed by atoms with E-state index in [0.717, 1.165) is 19.3 Å². The van der Waals surface area contributed by atoms with Gasteiger partial charge < -0.3 is 20.1 Å². The standard InChI is InChI=1S/C37H69NO6/c1-5-9-10-11-12-13-14-15-16-17-18-19-20-21-22-23-24-25-26-27-31-38(32(28-6-2)35(39)40,33(29-7-3)36(41)42)34(30-8-4)37(43)44/h13-14,32-34H,5-12,15-31H2,1-4H3,(H2-,39,40,41,42,43,44)/b14-13+. The minimum atomic E-state index is -1.33. The maximum absolute atomic E-state index is 12.6. The first kappa shape index (κ1) is 42.1. The van der Waals surface area contributed by atoms with Crippen LogP contribution in [0.1, 0.15) is 182 Å². The average molecular weight is 624 g/mol. The highest BCUT2D eigenvalue weighted by Crippen LogP contribution is 2.34. The quantitative estimate of drug-likeness (QED) is 0.0439. The zero-order chi connectivity index (χ0) is 33.1. The molecule has 0 fully saturated rings. The number of carbonyl (C=O) groups excluding carboxylic acids is 1. The van der Waals surface area contributed by atoms with Crippen molar-refractivity contribution in [2.75, 3.05) is 6.54 Å². The lowest BCUT2D eigenvalue weighted by Gasteiger charge is -2.52. The summed E-state index contributed by atoms with van der Waals surface area (Å²) in [5, 5.41) is 33.0. The predicted octanol–water partition coefficient (Wildman–Crippen LogP) is 8.83. The number of carboxylic acids is 3. The molecule has 0 aromatic heterocycles. The van der Waals surface area contributed by atoms with Gasteiger partial charge in [0.1, 0.15) is 6.04 Å². The van der Waals surface area contributed by atoms with Crippen molar-refractivity contribution >= 4 is 17.9 Å². The summed E-state index contributed by atoms with van der Waals surface area (Å²) >= 11 is 0. The van der Waals surface area contributed by atoms with Crippen molar-refractivity contribution < 1.29 is 34.2 Å². The minimum absolute atomic E-state index is 0.208. The number of quaternary nitrogens is 1. The van der Waals surface area contributed by atoms with Crippen molar-refractivity contribution in [2.45, 2.75) is 200 Å². The van der Waals surface area contributed by atoms with Gasteiger partial charge in [-0.05, 0) is 51.4 Å². The van der Waals surface area contributed by atoms with E-state index >= 15 is 0 Å². The molecule has 258 valence electrons. The molecule has 0 aromatic rings. The van der Waals surface area contributed by atoms with E-state index < -0.39 is 40.5 Å². The number of carbonyl (C=O) groups is 3. The second kappa shape index (κ2) is 27.4. The number of nitrogens with zero attached hydrogens (tertiary/aromatic N) is 1. The van der Waals surface area contributed by atoms with Gasteiger partial charge in [-0.3, -0.25) is 4.48 Å². The van der Waals surface area contributed by atoms with Crippen LogP contribution in [0.3, 0.4) is 0 Å². The number of allylic oxidation sites excluding steroid dienone is 2. The molecule has 0 spiro atoms. The molecule has 0 bridgehead atoms. The topological polar surface area (TPSA) is 115 Å². The van der Waals surface area contributed by atoms with Gasteiger partial charge in [0.2, 0.25) is 0 Å². The van der Waals surface area contributed by atoms with Crippen molar-refractivity contribution in [3.05, 3.63) is 12.2 Å². The van der Waals surface area contributed by atoms with E-state index in [0.29, 0.717) is 25.7 Å². The molecule has 0 amide bonds. The highest BCUT2D eigenvalue weighted by Gasteiger charge is 2.54. The molecule has 3 atom stereocenters. The van der Waals surface area contributed by atoms with Crippen LogP contribution in [0.2, 0.25) is 0 Å². The van der Waals surface area contributed by atoms with E-state index in [-0.39, 0.29) is 25.8 Å². The van der Waals surface area contributed by atoms with Crippen molar-refractivity contribution in [2.24, 2.45) is 0 Å². The van der Waals surface area contributed by atoms with E-state index in [4.69, 9.17) is 0 Å². The van der Waals surface area contributed by atoms with Crippen LogP contribution in [0.5, 0.6) is 0 Å². The normalized spacial score (nSPS) is 15.2. The van der Waals surface area contributed by atoms with Crippen LogP contribution < -0.4 is 5.11 Å². The number of carboxylic acid groups (broad SMARTS) is 3. The van der Waals surface area contributed by atoms with Gasteiger partial charge in [-0.25, -0.2) is 9.59 Å². The van der Waals surface area contributed by atoms with Crippen LogP contribution in [0.4, 0.5) is 0 Å². The molecule has 0 heterocycles. The van der Waals surface area contributed by atoms with Crippen LogP contribution in [0, 0.1) is 0 Å². The Morgan fingerprint density at radius 2 is 0.864 bits per heavy atom. The maximum Gasteiger partial charge on any atom is 0.362 e. The van der Waals surface area contributed by atoms with Crippen molar-refractivity contribution in [1.29, 1.82) is 0 Å². The summed E-state index contributed by atoms with van der Waals surface area (Å²) in [6.07, 6.45) is 28.5. The zero-order valence-electron chi connectivity index (χ0n) is 29.0. The van der Waals surface area contributed by atoms with Crippen molar-refractivity contribution in [3.8, 4) is 0 Å². The maximum atomic E-state index is 12.6. The molecule has 0 aliphatic carbocycles. The highest BCUT2D eigenvalue weighted by atomic mass is 16.4. The Hall–Kier alpha value is -1.89. The molecule has 0 aromatic carbocycles.